The molecule has 0 bridgehead atoms. The summed E-state index contributed by atoms with van der Waals surface area (Å²) < 4.78 is 5.33. The number of likely N-dealkylation sites (tertiary alicyclic amines) is 1. The van der Waals surface area contributed by atoms with E-state index in [0.29, 0.717) is 36.0 Å². The highest BCUT2D eigenvalue weighted by molar-refractivity contribution is 6.30. The lowest BCUT2D eigenvalue weighted by Gasteiger charge is -2.52. The molecular weight excluding hydrogens is 515 g/mol. The lowest BCUT2D eigenvalue weighted by molar-refractivity contribution is -0.161. The van der Waals surface area contributed by atoms with Crippen LogP contribution in [0.5, 0.6) is 0 Å². The fourth-order valence-electron chi connectivity index (χ4n) is 5.77. The maximum absolute atomic E-state index is 14.3. The Morgan fingerprint density at radius 1 is 1.14 bits per heavy atom. The number of cyclic esters (lactones) is 1. The number of aliphatic carboxylic acids is 1. The van der Waals surface area contributed by atoms with Gasteiger partial charge in [0.15, 0.2) is 0 Å². The number of carboxylic acid groups (broad SMARTS) is 1. The van der Waals surface area contributed by atoms with Crippen LogP contribution in [0.4, 0.5) is 4.79 Å². The molecule has 2 amide bonds. The fraction of sp³-hybridized carbons (Fsp3) is 0.464. The minimum absolute atomic E-state index is 0.231. The van der Waals surface area contributed by atoms with E-state index in [4.69, 9.17) is 27.9 Å². The zero-order chi connectivity index (χ0) is 26.9. The van der Waals surface area contributed by atoms with Crippen LogP contribution in [0.2, 0.25) is 10.0 Å². The molecule has 0 aromatic heterocycles. The highest BCUT2D eigenvalue weighted by atomic mass is 35.5. The molecule has 2 unspecified atom stereocenters. The SMILES string of the molecule is CCC(CN1CC(C)OC1=O)N1C(=O)[C@@](C)(CC(=O)O)C[C@H](c2cccc(Cl)c2)[C@H]1c1ccc(Cl)cc1. The maximum atomic E-state index is 14.3. The highest BCUT2D eigenvalue weighted by Crippen LogP contribution is 2.52. The minimum atomic E-state index is -1.14. The smallest absolute Gasteiger partial charge is 0.410 e. The quantitative estimate of drug-likeness (QED) is 0.429. The molecule has 2 aromatic rings. The van der Waals surface area contributed by atoms with Gasteiger partial charge in [0.05, 0.1) is 24.4 Å². The lowest BCUT2D eigenvalue weighted by atomic mass is 9.67. The van der Waals surface area contributed by atoms with E-state index in [1.165, 1.54) is 0 Å². The van der Waals surface area contributed by atoms with E-state index in [2.05, 4.69) is 0 Å². The van der Waals surface area contributed by atoms with Crippen LogP contribution in [-0.2, 0) is 14.3 Å². The largest absolute Gasteiger partial charge is 0.481 e. The van der Waals surface area contributed by atoms with Crippen molar-refractivity contribution in [3.63, 3.8) is 0 Å². The third kappa shape index (κ3) is 5.73. The summed E-state index contributed by atoms with van der Waals surface area (Å²) in [5.74, 6) is -1.50. The van der Waals surface area contributed by atoms with Crippen LogP contribution in [0.15, 0.2) is 48.5 Å². The first kappa shape index (κ1) is 27.3. The molecule has 0 spiro atoms. The maximum Gasteiger partial charge on any atom is 0.410 e. The van der Waals surface area contributed by atoms with Crippen LogP contribution >= 0.6 is 23.2 Å². The number of carbonyl (C=O) groups is 3. The highest BCUT2D eigenvalue weighted by Gasteiger charge is 2.52. The van der Waals surface area contributed by atoms with Crippen molar-refractivity contribution in [1.29, 1.82) is 0 Å². The zero-order valence-corrected chi connectivity index (χ0v) is 22.7. The Morgan fingerprint density at radius 3 is 2.41 bits per heavy atom. The van der Waals surface area contributed by atoms with E-state index in [1.54, 1.807) is 30.0 Å². The van der Waals surface area contributed by atoms with Crippen LogP contribution < -0.4 is 0 Å². The first-order valence-electron chi connectivity index (χ1n) is 12.5. The van der Waals surface area contributed by atoms with Crippen molar-refractivity contribution < 1.29 is 24.2 Å². The number of benzene rings is 2. The van der Waals surface area contributed by atoms with Crippen molar-refractivity contribution in [2.24, 2.45) is 5.41 Å². The standard InChI is InChI=1S/C28H32Cl2N2O5/c1-4-22(16-31-15-17(2)37-27(31)36)32-25(18-8-10-20(29)11-9-18)23(19-6-5-7-21(30)12-19)13-28(3,26(32)35)14-24(33)34/h5-12,17,22-23,25H,4,13-16H2,1-3H3,(H,33,34)/t17?,22?,23-,25-,28-/m1/s1. The van der Waals surface area contributed by atoms with Gasteiger partial charge in [-0.05, 0) is 55.2 Å². The van der Waals surface area contributed by atoms with Crippen molar-refractivity contribution in [3.05, 3.63) is 69.7 Å². The molecule has 4 rings (SSSR count). The third-order valence-corrected chi connectivity index (χ3v) is 7.95. The molecule has 2 aliphatic heterocycles. The van der Waals surface area contributed by atoms with Gasteiger partial charge in [-0.15, -0.1) is 0 Å². The van der Waals surface area contributed by atoms with Crippen molar-refractivity contribution in [1.82, 2.24) is 9.80 Å². The monoisotopic (exact) mass is 546 g/mol. The summed E-state index contributed by atoms with van der Waals surface area (Å²) >= 11 is 12.6. The summed E-state index contributed by atoms with van der Waals surface area (Å²) in [5, 5.41) is 10.9. The average Bonchev–Trinajstić information content (AvgIpc) is 3.15. The Morgan fingerprint density at radius 2 is 1.84 bits per heavy atom. The summed E-state index contributed by atoms with van der Waals surface area (Å²) in [7, 11) is 0. The van der Waals surface area contributed by atoms with Crippen LogP contribution in [0.25, 0.3) is 0 Å². The Hall–Kier alpha value is -2.77. The van der Waals surface area contributed by atoms with Gasteiger partial charge in [0, 0.05) is 28.5 Å². The molecule has 7 nitrogen and oxygen atoms in total. The zero-order valence-electron chi connectivity index (χ0n) is 21.2. The van der Waals surface area contributed by atoms with E-state index in [-0.39, 0.29) is 30.4 Å². The van der Waals surface area contributed by atoms with Gasteiger partial charge in [-0.25, -0.2) is 4.79 Å². The number of amides is 2. The molecule has 2 fully saturated rings. The first-order valence-corrected chi connectivity index (χ1v) is 13.3. The predicted molar refractivity (Wildman–Crippen MR) is 142 cm³/mol. The molecule has 9 heteroatoms. The van der Waals surface area contributed by atoms with Gasteiger partial charge in [-0.3, -0.25) is 9.59 Å². The number of rotatable bonds is 8. The van der Waals surface area contributed by atoms with Crippen LogP contribution in [0, 0.1) is 5.41 Å². The topological polar surface area (TPSA) is 87.2 Å². The number of hydrogen-bond donors (Lipinski definition) is 1. The predicted octanol–water partition coefficient (Wildman–Crippen LogP) is 6.15. The average molecular weight is 547 g/mol. The molecule has 0 aliphatic carbocycles. The molecule has 2 saturated heterocycles. The molecule has 198 valence electrons. The van der Waals surface area contributed by atoms with E-state index in [1.807, 2.05) is 49.1 Å². The normalized spacial score (nSPS) is 26.8. The van der Waals surface area contributed by atoms with Crippen LogP contribution in [0.1, 0.15) is 63.1 Å². The van der Waals surface area contributed by atoms with Gasteiger partial charge in [-0.2, -0.15) is 0 Å². The Labute approximate surface area is 227 Å². The lowest BCUT2D eigenvalue weighted by Crippen LogP contribution is -2.58. The second-order valence-corrected chi connectivity index (χ2v) is 11.2. The van der Waals surface area contributed by atoms with Gasteiger partial charge in [-0.1, -0.05) is 61.3 Å². The van der Waals surface area contributed by atoms with Gasteiger partial charge in [0.25, 0.3) is 0 Å². The van der Waals surface area contributed by atoms with E-state index >= 15 is 0 Å². The van der Waals surface area contributed by atoms with Crippen LogP contribution in [-0.4, -0.2) is 58.1 Å². The summed E-state index contributed by atoms with van der Waals surface area (Å²) in [6.45, 7) is 6.26. The van der Waals surface area contributed by atoms with Gasteiger partial charge in [0.2, 0.25) is 5.91 Å². The molecule has 5 atom stereocenters. The van der Waals surface area contributed by atoms with Gasteiger partial charge < -0.3 is 19.6 Å². The number of piperidine rings is 1. The summed E-state index contributed by atoms with van der Waals surface area (Å²) in [6, 6.07) is 14.1. The fourth-order valence-corrected chi connectivity index (χ4v) is 6.09. The molecular formula is C28H32Cl2N2O5. The number of carbonyl (C=O) groups excluding carboxylic acids is 2. The number of hydrogen-bond acceptors (Lipinski definition) is 4. The van der Waals surface area contributed by atoms with Gasteiger partial charge in [0.1, 0.15) is 6.10 Å². The molecule has 1 N–H and O–H groups in total. The Balaban J connectivity index is 1.86. The van der Waals surface area contributed by atoms with E-state index in [0.717, 1.165) is 11.1 Å². The van der Waals surface area contributed by atoms with Crippen molar-refractivity contribution >= 4 is 41.2 Å². The molecule has 2 heterocycles. The number of nitrogens with zero attached hydrogens (tertiary/aromatic N) is 2. The van der Waals surface area contributed by atoms with Gasteiger partial charge >= 0.3 is 12.1 Å². The third-order valence-electron chi connectivity index (χ3n) is 7.47. The molecule has 2 aromatic carbocycles. The molecule has 37 heavy (non-hydrogen) atoms. The van der Waals surface area contributed by atoms with Crippen LogP contribution in [0.3, 0.4) is 0 Å². The van der Waals surface area contributed by atoms with Crippen molar-refractivity contribution in [2.75, 3.05) is 13.1 Å². The van der Waals surface area contributed by atoms with Crippen molar-refractivity contribution in [3.8, 4) is 0 Å². The Bertz CT molecular complexity index is 1170. The summed E-state index contributed by atoms with van der Waals surface area (Å²) in [6.07, 6.45) is -0.0314. The second kappa shape index (κ2) is 10.9. The number of ether oxygens (including phenoxy) is 1. The Kier molecular flexibility index (Phi) is 8.05. The van der Waals surface area contributed by atoms with Crippen molar-refractivity contribution in [2.45, 2.75) is 64.1 Å². The number of halogens is 2. The number of carboxylic acids is 1. The summed E-state index contributed by atoms with van der Waals surface area (Å²) in [5.41, 5.74) is 0.662. The first-order chi connectivity index (χ1) is 17.5. The summed E-state index contributed by atoms with van der Waals surface area (Å²) in [4.78, 5) is 42.1. The second-order valence-electron chi connectivity index (χ2n) is 10.4. The van der Waals surface area contributed by atoms with E-state index < -0.39 is 23.5 Å². The molecule has 0 saturated carbocycles. The minimum Gasteiger partial charge on any atom is -0.481 e. The molecule has 0 radical (unpaired) electrons. The van der Waals surface area contributed by atoms with E-state index in [9.17, 15) is 19.5 Å². The molecule has 2 aliphatic rings.